The summed E-state index contributed by atoms with van der Waals surface area (Å²) in [6, 6.07) is -1.10. The first-order valence-corrected chi connectivity index (χ1v) is 7.08. The number of nitrogens with zero attached hydrogens (tertiary/aromatic N) is 2. The molecule has 0 bridgehead atoms. The molecule has 0 fully saturated rings. The third-order valence-corrected chi connectivity index (χ3v) is 3.75. The van der Waals surface area contributed by atoms with E-state index in [1.165, 1.54) is 28.1 Å². The van der Waals surface area contributed by atoms with E-state index in [4.69, 9.17) is 0 Å². The zero-order chi connectivity index (χ0) is 15.8. The van der Waals surface area contributed by atoms with Crippen molar-refractivity contribution in [2.75, 3.05) is 0 Å². The van der Waals surface area contributed by atoms with E-state index < -0.39 is 28.9 Å². The fraction of sp³-hybridized carbons (Fsp3) is 0.385. The van der Waals surface area contributed by atoms with Crippen molar-refractivity contribution >= 4 is 28.2 Å². The number of fused-ring (bicyclic) bond motifs is 1. The van der Waals surface area contributed by atoms with Gasteiger partial charge in [-0.2, -0.15) is 0 Å². The molecule has 112 valence electrons. The number of carbonyl (C=O) groups excluding carboxylic acids is 1. The zero-order valence-electron chi connectivity index (χ0n) is 11.8. The van der Waals surface area contributed by atoms with Crippen molar-refractivity contribution in [3.8, 4) is 0 Å². The van der Waals surface area contributed by atoms with Crippen molar-refractivity contribution in [1.29, 1.82) is 0 Å². The van der Waals surface area contributed by atoms with Gasteiger partial charge < -0.3 is 10.4 Å². The first-order valence-electron chi connectivity index (χ1n) is 6.20. The van der Waals surface area contributed by atoms with Crippen LogP contribution in [-0.2, 0) is 4.79 Å². The second kappa shape index (κ2) is 5.28. The molecule has 21 heavy (non-hydrogen) atoms. The van der Waals surface area contributed by atoms with Crippen LogP contribution in [0.15, 0.2) is 22.6 Å². The molecule has 2 rings (SSSR count). The number of nitrogens with one attached hydrogen (secondary N) is 1. The predicted octanol–water partition coefficient (Wildman–Crippen LogP) is 0.985. The number of aliphatic carboxylic acids is 1. The van der Waals surface area contributed by atoms with Crippen LogP contribution < -0.4 is 10.9 Å². The monoisotopic (exact) mass is 309 g/mol. The molecule has 1 atom stereocenters. The Morgan fingerprint density at radius 1 is 1.43 bits per heavy atom. The van der Waals surface area contributed by atoms with Crippen molar-refractivity contribution < 1.29 is 14.7 Å². The Bertz CT molecular complexity index is 757. The largest absolute Gasteiger partial charge is 0.480 e. The van der Waals surface area contributed by atoms with Crippen molar-refractivity contribution in [2.24, 2.45) is 5.41 Å². The highest BCUT2D eigenvalue weighted by atomic mass is 32.1. The zero-order valence-corrected chi connectivity index (χ0v) is 12.6. The molecule has 0 aliphatic carbocycles. The molecule has 8 heteroatoms. The number of hydrogen-bond acceptors (Lipinski definition) is 5. The molecule has 2 heterocycles. The Morgan fingerprint density at radius 2 is 2.10 bits per heavy atom. The Labute approximate surface area is 124 Å². The van der Waals surface area contributed by atoms with Gasteiger partial charge in [-0.25, -0.2) is 9.78 Å². The maximum atomic E-state index is 12.2. The summed E-state index contributed by atoms with van der Waals surface area (Å²) in [5, 5.41) is 13.3. The van der Waals surface area contributed by atoms with E-state index in [0.29, 0.717) is 4.96 Å². The SMILES string of the molecule is CC(C)(C)[C@@H](NC(=O)c1cnc2sccn2c1=O)C(=O)O. The number of hydrogen-bond donors (Lipinski definition) is 2. The molecular weight excluding hydrogens is 294 g/mol. The molecule has 0 saturated carbocycles. The summed E-state index contributed by atoms with van der Waals surface area (Å²) >= 11 is 1.27. The van der Waals surface area contributed by atoms with E-state index in [1.807, 2.05) is 0 Å². The number of carbonyl (C=O) groups is 2. The minimum atomic E-state index is -1.15. The molecule has 7 nitrogen and oxygen atoms in total. The molecule has 1 amide bonds. The predicted molar refractivity (Wildman–Crippen MR) is 77.7 cm³/mol. The van der Waals surface area contributed by atoms with Crippen LogP contribution in [0.1, 0.15) is 31.1 Å². The van der Waals surface area contributed by atoms with Crippen molar-refractivity contribution in [3.05, 3.63) is 33.7 Å². The lowest BCUT2D eigenvalue weighted by atomic mass is 9.86. The quantitative estimate of drug-likeness (QED) is 0.880. The van der Waals surface area contributed by atoms with Crippen LogP contribution in [0.2, 0.25) is 0 Å². The molecule has 0 aliphatic rings. The molecule has 0 radical (unpaired) electrons. The highest BCUT2D eigenvalue weighted by Crippen LogP contribution is 2.19. The third kappa shape index (κ3) is 2.94. The summed E-state index contributed by atoms with van der Waals surface area (Å²) in [5.74, 6) is -1.89. The lowest BCUT2D eigenvalue weighted by Gasteiger charge is -2.27. The Morgan fingerprint density at radius 3 is 2.67 bits per heavy atom. The first kappa shape index (κ1) is 15.2. The van der Waals surface area contributed by atoms with E-state index >= 15 is 0 Å². The average Bonchev–Trinajstić information content (AvgIpc) is 2.83. The van der Waals surface area contributed by atoms with E-state index in [1.54, 1.807) is 26.2 Å². The molecule has 2 aromatic rings. The fourth-order valence-corrected chi connectivity index (χ4v) is 2.51. The van der Waals surface area contributed by atoms with Crippen LogP contribution in [-0.4, -0.2) is 32.4 Å². The molecule has 2 N–H and O–H groups in total. The molecule has 0 aromatic carbocycles. The van der Waals surface area contributed by atoms with Crippen LogP contribution in [0.3, 0.4) is 0 Å². The van der Waals surface area contributed by atoms with Crippen LogP contribution in [0.4, 0.5) is 0 Å². The van der Waals surface area contributed by atoms with Gasteiger partial charge in [0.25, 0.3) is 11.5 Å². The highest BCUT2D eigenvalue weighted by Gasteiger charge is 2.33. The van der Waals surface area contributed by atoms with Gasteiger partial charge in [-0.15, -0.1) is 11.3 Å². The first-order chi connectivity index (χ1) is 9.71. The lowest BCUT2D eigenvalue weighted by Crippen LogP contribution is -2.50. The summed E-state index contributed by atoms with van der Waals surface area (Å²) in [4.78, 5) is 40.1. The number of carboxylic acid groups (broad SMARTS) is 1. The second-order valence-corrected chi connectivity index (χ2v) is 6.52. The number of carboxylic acids is 1. The average molecular weight is 309 g/mol. The smallest absolute Gasteiger partial charge is 0.326 e. The minimum absolute atomic E-state index is 0.179. The molecule has 0 saturated heterocycles. The number of rotatable bonds is 3. The molecule has 0 unspecified atom stereocenters. The number of amides is 1. The van der Waals surface area contributed by atoms with Crippen molar-refractivity contribution in [1.82, 2.24) is 14.7 Å². The third-order valence-electron chi connectivity index (χ3n) is 2.98. The Hall–Kier alpha value is -2.22. The Kier molecular flexibility index (Phi) is 3.82. The molecule has 2 aromatic heterocycles. The number of thiazole rings is 1. The lowest BCUT2D eigenvalue weighted by molar-refractivity contribution is -0.142. The summed E-state index contributed by atoms with van der Waals surface area (Å²) in [6.45, 7) is 5.08. The summed E-state index contributed by atoms with van der Waals surface area (Å²) in [5.41, 5.74) is -1.38. The van der Waals surface area contributed by atoms with E-state index in [9.17, 15) is 19.5 Å². The van der Waals surface area contributed by atoms with Gasteiger partial charge in [0.2, 0.25) is 0 Å². The van der Waals surface area contributed by atoms with E-state index in [2.05, 4.69) is 10.3 Å². The summed E-state index contributed by atoms with van der Waals surface area (Å²) in [6.07, 6.45) is 2.69. The van der Waals surface area contributed by atoms with Crippen LogP contribution in [0, 0.1) is 5.41 Å². The molecule has 0 spiro atoms. The van der Waals surface area contributed by atoms with Gasteiger partial charge in [0.15, 0.2) is 4.96 Å². The van der Waals surface area contributed by atoms with Crippen molar-refractivity contribution in [3.63, 3.8) is 0 Å². The van der Waals surface area contributed by atoms with Gasteiger partial charge in [0.1, 0.15) is 11.6 Å². The van der Waals surface area contributed by atoms with E-state index in [-0.39, 0.29) is 5.56 Å². The van der Waals surface area contributed by atoms with E-state index in [0.717, 1.165) is 0 Å². The van der Waals surface area contributed by atoms with Crippen LogP contribution >= 0.6 is 11.3 Å². The standard InChI is InChI=1S/C13H15N3O4S/c1-13(2,3)8(11(19)20)15-9(17)7-6-14-12-16(10(7)18)4-5-21-12/h4-6,8H,1-3H3,(H,15,17)(H,19,20)/t8-/m0/s1. The maximum Gasteiger partial charge on any atom is 0.326 e. The molecule has 0 aliphatic heterocycles. The van der Waals surface area contributed by atoms with Gasteiger partial charge in [0.05, 0.1) is 0 Å². The minimum Gasteiger partial charge on any atom is -0.480 e. The van der Waals surface area contributed by atoms with Gasteiger partial charge in [-0.1, -0.05) is 20.8 Å². The summed E-state index contributed by atoms with van der Waals surface area (Å²) in [7, 11) is 0. The van der Waals surface area contributed by atoms with Crippen LogP contribution in [0.5, 0.6) is 0 Å². The topological polar surface area (TPSA) is 101 Å². The van der Waals surface area contributed by atoms with Gasteiger partial charge in [-0.3, -0.25) is 14.0 Å². The second-order valence-electron chi connectivity index (χ2n) is 5.64. The van der Waals surface area contributed by atoms with Gasteiger partial charge in [0, 0.05) is 17.8 Å². The van der Waals surface area contributed by atoms with Crippen molar-refractivity contribution in [2.45, 2.75) is 26.8 Å². The fourth-order valence-electron chi connectivity index (χ4n) is 1.84. The normalized spacial score (nSPS) is 13.1. The highest BCUT2D eigenvalue weighted by molar-refractivity contribution is 7.15. The van der Waals surface area contributed by atoms with Gasteiger partial charge in [-0.05, 0) is 5.41 Å². The van der Waals surface area contributed by atoms with Gasteiger partial charge >= 0.3 is 5.97 Å². The summed E-state index contributed by atoms with van der Waals surface area (Å²) < 4.78 is 1.26. The Balaban J connectivity index is 2.36. The number of aromatic nitrogens is 2. The molecular formula is C13H15N3O4S. The van der Waals surface area contributed by atoms with Crippen LogP contribution in [0.25, 0.3) is 4.96 Å². The maximum absolute atomic E-state index is 12.2.